The molecule has 4 aliphatic carbocycles. The smallest absolute Gasteiger partial charge is 0.339 e. The molecule has 5 rings (SSSR count). The molecule has 0 atom stereocenters. The number of carbonyl (C=O) groups is 2. The van der Waals surface area contributed by atoms with Gasteiger partial charge >= 0.3 is 5.97 Å². The van der Waals surface area contributed by atoms with Gasteiger partial charge in [-0.1, -0.05) is 12.1 Å². The molecule has 128 valence electrons. The van der Waals surface area contributed by atoms with E-state index >= 15 is 0 Å². The summed E-state index contributed by atoms with van der Waals surface area (Å²) in [5.41, 5.74) is 0.372. The normalized spacial score (nSPS) is 33.5. The number of hydrogen-bond acceptors (Lipinski definition) is 4. The number of carbonyl (C=O) groups excluding carboxylic acids is 2. The van der Waals surface area contributed by atoms with Gasteiger partial charge in [-0.05, 0) is 74.7 Å². The van der Waals surface area contributed by atoms with E-state index in [2.05, 4.69) is 0 Å². The molecule has 0 aromatic heterocycles. The number of ketones is 1. The number of ether oxygens (including phenoxy) is 1. The molecule has 0 spiro atoms. The Labute approximate surface area is 147 Å². The summed E-state index contributed by atoms with van der Waals surface area (Å²) in [6, 6.07) is 7.41. The Morgan fingerprint density at radius 1 is 1.08 bits per heavy atom. The molecule has 1 aromatic rings. The van der Waals surface area contributed by atoms with Gasteiger partial charge in [0, 0.05) is 10.3 Å². The molecule has 4 aliphatic rings. The van der Waals surface area contributed by atoms with Crippen LogP contribution in [0.3, 0.4) is 0 Å². The third-order valence-corrected chi connectivity index (χ3v) is 7.09. The molecule has 4 bridgehead atoms. The molecule has 24 heavy (non-hydrogen) atoms. The summed E-state index contributed by atoms with van der Waals surface area (Å²) in [5, 5.41) is 0. The van der Waals surface area contributed by atoms with Crippen molar-refractivity contribution in [3.05, 3.63) is 29.8 Å². The first-order chi connectivity index (χ1) is 11.6. The SMILES string of the molecule is CSc1ccccc1C(=O)OCC(=O)C12CC3CC(CC(C3)C1)C2. The highest BCUT2D eigenvalue weighted by Gasteiger charge is 2.54. The Balaban J connectivity index is 1.43. The predicted octanol–water partition coefficient (Wildman–Crippen LogP) is 4.35. The third-order valence-electron chi connectivity index (χ3n) is 6.29. The summed E-state index contributed by atoms with van der Waals surface area (Å²) < 4.78 is 5.42. The minimum Gasteiger partial charge on any atom is -0.454 e. The maximum Gasteiger partial charge on any atom is 0.339 e. The lowest BCUT2D eigenvalue weighted by molar-refractivity contribution is -0.147. The number of benzene rings is 1. The van der Waals surface area contributed by atoms with Crippen molar-refractivity contribution in [2.75, 3.05) is 12.9 Å². The maximum atomic E-state index is 12.9. The van der Waals surface area contributed by atoms with Crippen molar-refractivity contribution in [1.29, 1.82) is 0 Å². The van der Waals surface area contributed by atoms with Gasteiger partial charge in [0.1, 0.15) is 0 Å². The molecule has 0 unspecified atom stereocenters. The van der Waals surface area contributed by atoms with Gasteiger partial charge in [0.15, 0.2) is 12.4 Å². The van der Waals surface area contributed by atoms with Crippen LogP contribution < -0.4 is 0 Å². The van der Waals surface area contributed by atoms with Crippen LogP contribution >= 0.6 is 11.8 Å². The first kappa shape index (κ1) is 16.2. The molecule has 1 aromatic carbocycles. The fourth-order valence-electron chi connectivity index (χ4n) is 5.63. The van der Waals surface area contributed by atoms with Gasteiger partial charge in [-0.15, -0.1) is 11.8 Å². The molecular weight excluding hydrogens is 320 g/mol. The van der Waals surface area contributed by atoms with Crippen molar-refractivity contribution in [3.8, 4) is 0 Å². The average molecular weight is 344 g/mol. The monoisotopic (exact) mass is 344 g/mol. The summed E-state index contributed by atoms with van der Waals surface area (Å²) >= 11 is 1.52. The van der Waals surface area contributed by atoms with Crippen LogP contribution in [0.15, 0.2) is 29.2 Å². The largest absolute Gasteiger partial charge is 0.454 e. The van der Waals surface area contributed by atoms with Crippen LogP contribution in [-0.4, -0.2) is 24.6 Å². The molecule has 0 saturated heterocycles. The summed E-state index contributed by atoms with van der Waals surface area (Å²) in [5.74, 6) is 1.98. The summed E-state index contributed by atoms with van der Waals surface area (Å²) in [6.45, 7) is -0.0618. The van der Waals surface area contributed by atoms with Crippen molar-refractivity contribution >= 4 is 23.5 Å². The Hall–Kier alpha value is -1.29. The van der Waals surface area contributed by atoms with Crippen molar-refractivity contribution in [2.45, 2.75) is 43.4 Å². The molecule has 4 saturated carbocycles. The first-order valence-corrected chi connectivity index (χ1v) is 10.2. The van der Waals surface area contributed by atoms with Crippen LogP contribution in [0.25, 0.3) is 0 Å². The zero-order valence-electron chi connectivity index (χ0n) is 14.1. The average Bonchev–Trinajstić information content (AvgIpc) is 2.58. The van der Waals surface area contributed by atoms with Crippen LogP contribution in [-0.2, 0) is 9.53 Å². The van der Waals surface area contributed by atoms with E-state index < -0.39 is 0 Å². The highest BCUT2D eigenvalue weighted by atomic mass is 32.2. The second-order valence-corrected chi connectivity index (χ2v) is 8.75. The van der Waals surface area contributed by atoms with Gasteiger partial charge in [-0.25, -0.2) is 4.79 Å². The van der Waals surface area contributed by atoms with Gasteiger partial charge in [0.05, 0.1) is 5.56 Å². The molecule has 0 aliphatic heterocycles. The predicted molar refractivity (Wildman–Crippen MR) is 94.1 cm³/mol. The fourth-order valence-corrected chi connectivity index (χ4v) is 6.21. The van der Waals surface area contributed by atoms with E-state index in [0.717, 1.165) is 41.9 Å². The minimum absolute atomic E-state index is 0.0618. The van der Waals surface area contributed by atoms with Crippen LogP contribution in [0.1, 0.15) is 48.9 Å². The molecular formula is C20H24O3S. The van der Waals surface area contributed by atoms with E-state index in [4.69, 9.17) is 4.74 Å². The molecule has 0 amide bonds. The van der Waals surface area contributed by atoms with Crippen molar-refractivity contribution in [3.63, 3.8) is 0 Å². The third kappa shape index (κ3) is 2.79. The topological polar surface area (TPSA) is 43.4 Å². The van der Waals surface area contributed by atoms with Crippen LogP contribution in [0, 0.1) is 23.2 Å². The van der Waals surface area contributed by atoms with E-state index in [1.807, 2.05) is 24.5 Å². The summed E-state index contributed by atoms with van der Waals surface area (Å²) in [7, 11) is 0. The molecule has 4 fully saturated rings. The lowest BCUT2D eigenvalue weighted by Crippen LogP contribution is -2.51. The quantitative estimate of drug-likeness (QED) is 0.588. The highest BCUT2D eigenvalue weighted by molar-refractivity contribution is 7.98. The number of rotatable bonds is 5. The van der Waals surface area contributed by atoms with E-state index in [9.17, 15) is 9.59 Å². The van der Waals surface area contributed by atoms with E-state index in [1.165, 1.54) is 31.0 Å². The fraction of sp³-hybridized carbons (Fsp3) is 0.600. The number of Topliss-reactive ketones (excluding diaryl/α,β-unsaturated/α-hetero) is 1. The van der Waals surface area contributed by atoms with Gasteiger partial charge in [0.25, 0.3) is 0 Å². The molecule has 0 radical (unpaired) electrons. The van der Waals surface area contributed by atoms with Crippen molar-refractivity contribution in [2.24, 2.45) is 23.2 Å². The standard InChI is InChI=1S/C20H24O3S/c1-24-17-5-3-2-4-16(17)19(22)23-12-18(21)20-9-13-6-14(10-20)8-15(7-13)11-20/h2-5,13-15H,6-12H2,1H3. The van der Waals surface area contributed by atoms with Gasteiger partial charge < -0.3 is 4.74 Å². The van der Waals surface area contributed by atoms with E-state index in [0.29, 0.717) is 5.56 Å². The maximum absolute atomic E-state index is 12.9. The second-order valence-electron chi connectivity index (χ2n) is 7.90. The number of hydrogen-bond donors (Lipinski definition) is 0. The zero-order valence-corrected chi connectivity index (χ0v) is 14.9. The second kappa shape index (κ2) is 6.21. The van der Waals surface area contributed by atoms with Gasteiger partial charge in [0.2, 0.25) is 0 Å². The molecule has 0 N–H and O–H groups in total. The number of esters is 1. The van der Waals surface area contributed by atoms with Gasteiger partial charge in [-0.2, -0.15) is 0 Å². The van der Waals surface area contributed by atoms with E-state index in [1.54, 1.807) is 6.07 Å². The summed E-state index contributed by atoms with van der Waals surface area (Å²) in [6.07, 6.45) is 8.95. The van der Waals surface area contributed by atoms with Crippen LogP contribution in [0.5, 0.6) is 0 Å². The number of thioether (sulfide) groups is 1. The molecule has 0 heterocycles. The zero-order chi connectivity index (χ0) is 16.7. The Bertz CT molecular complexity index is 631. The van der Waals surface area contributed by atoms with Crippen molar-refractivity contribution < 1.29 is 14.3 Å². The Morgan fingerprint density at radius 2 is 1.67 bits per heavy atom. The lowest BCUT2D eigenvalue weighted by Gasteiger charge is -2.55. The molecule has 4 heteroatoms. The van der Waals surface area contributed by atoms with Crippen LogP contribution in [0.4, 0.5) is 0 Å². The Kier molecular flexibility index (Phi) is 4.19. The van der Waals surface area contributed by atoms with Crippen LogP contribution in [0.2, 0.25) is 0 Å². The summed E-state index contributed by atoms with van der Waals surface area (Å²) in [4.78, 5) is 26.2. The highest BCUT2D eigenvalue weighted by Crippen LogP contribution is 2.60. The van der Waals surface area contributed by atoms with Crippen molar-refractivity contribution in [1.82, 2.24) is 0 Å². The lowest BCUT2D eigenvalue weighted by atomic mass is 9.48. The van der Waals surface area contributed by atoms with Gasteiger partial charge in [-0.3, -0.25) is 4.79 Å². The first-order valence-electron chi connectivity index (χ1n) is 8.93. The minimum atomic E-state index is -0.377. The molecule has 3 nitrogen and oxygen atoms in total. The van der Waals surface area contributed by atoms with E-state index in [-0.39, 0.29) is 23.8 Å². The Morgan fingerprint density at radius 3 is 2.25 bits per heavy atom.